The Labute approximate surface area is 164 Å². The van der Waals surface area contributed by atoms with Gasteiger partial charge in [-0.3, -0.25) is 0 Å². The minimum atomic E-state index is -0.866. The molecule has 150 valence electrons. The molecule has 3 nitrogen and oxygen atoms in total. The quantitative estimate of drug-likeness (QED) is 0.349. The van der Waals surface area contributed by atoms with E-state index in [0.717, 1.165) is 30.1 Å². The molecule has 1 fully saturated rings. The van der Waals surface area contributed by atoms with E-state index in [1.54, 1.807) is 12.1 Å². The second kappa shape index (κ2) is 11.8. The molecule has 0 bridgehead atoms. The Kier molecular flexibility index (Phi) is 9.44. The Morgan fingerprint density at radius 2 is 1.93 bits per heavy atom. The zero-order valence-corrected chi connectivity index (χ0v) is 17.1. The Bertz CT molecular complexity index is 598. The molecular weight excluding hydrogens is 336 g/mol. The van der Waals surface area contributed by atoms with Crippen molar-refractivity contribution in [2.75, 3.05) is 6.61 Å². The SMILES string of the molecule is CCCCCC1CCC(/C=C/COc2ccc(C(=O)O)c(CCC)c2)CC1. The third-order valence-corrected chi connectivity index (χ3v) is 5.69. The van der Waals surface area contributed by atoms with E-state index in [9.17, 15) is 9.90 Å². The van der Waals surface area contributed by atoms with Gasteiger partial charge in [-0.1, -0.05) is 58.1 Å². The molecule has 1 aliphatic carbocycles. The van der Waals surface area contributed by atoms with Gasteiger partial charge in [-0.25, -0.2) is 4.79 Å². The number of hydrogen-bond acceptors (Lipinski definition) is 2. The number of benzene rings is 1. The van der Waals surface area contributed by atoms with Gasteiger partial charge in [0.15, 0.2) is 0 Å². The highest BCUT2D eigenvalue weighted by Crippen LogP contribution is 2.32. The van der Waals surface area contributed by atoms with Crippen LogP contribution in [0, 0.1) is 11.8 Å². The van der Waals surface area contributed by atoms with E-state index in [2.05, 4.69) is 26.0 Å². The number of carbonyl (C=O) groups is 1. The summed E-state index contributed by atoms with van der Waals surface area (Å²) in [4.78, 5) is 11.3. The number of aromatic carboxylic acids is 1. The summed E-state index contributed by atoms with van der Waals surface area (Å²) in [6.07, 6.45) is 17.0. The molecule has 0 aliphatic heterocycles. The summed E-state index contributed by atoms with van der Waals surface area (Å²) < 4.78 is 5.83. The Morgan fingerprint density at radius 1 is 1.15 bits per heavy atom. The van der Waals surface area contributed by atoms with Crippen LogP contribution < -0.4 is 4.74 Å². The molecule has 1 saturated carbocycles. The number of rotatable bonds is 11. The monoisotopic (exact) mass is 372 g/mol. The minimum Gasteiger partial charge on any atom is -0.490 e. The smallest absolute Gasteiger partial charge is 0.335 e. The summed E-state index contributed by atoms with van der Waals surface area (Å²) >= 11 is 0. The molecule has 0 amide bonds. The van der Waals surface area contributed by atoms with Crippen LogP contribution in [0.25, 0.3) is 0 Å². The zero-order valence-electron chi connectivity index (χ0n) is 17.1. The number of carboxylic acid groups (broad SMARTS) is 1. The van der Waals surface area contributed by atoms with Crippen LogP contribution in [0.3, 0.4) is 0 Å². The maximum atomic E-state index is 11.3. The Balaban J connectivity index is 1.74. The molecule has 0 atom stereocenters. The minimum absolute atomic E-state index is 0.385. The van der Waals surface area contributed by atoms with Crippen molar-refractivity contribution in [2.24, 2.45) is 11.8 Å². The normalized spacial score (nSPS) is 20.1. The van der Waals surface area contributed by atoms with E-state index in [0.29, 0.717) is 18.1 Å². The van der Waals surface area contributed by atoms with E-state index in [1.807, 2.05) is 6.07 Å². The lowest BCUT2D eigenvalue weighted by molar-refractivity contribution is 0.0695. The molecule has 2 rings (SSSR count). The second-order valence-electron chi connectivity index (χ2n) is 7.89. The van der Waals surface area contributed by atoms with Crippen LogP contribution in [0.15, 0.2) is 30.4 Å². The highest BCUT2D eigenvalue weighted by Gasteiger charge is 2.18. The van der Waals surface area contributed by atoms with Gasteiger partial charge in [0.25, 0.3) is 0 Å². The molecule has 1 aromatic rings. The molecule has 0 saturated heterocycles. The van der Waals surface area contributed by atoms with E-state index >= 15 is 0 Å². The predicted octanol–water partition coefficient (Wildman–Crippen LogP) is 6.66. The number of unbranched alkanes of at least 4 members (excludes halogenated alkanes) is 2. The summed E-state index contributed by atoms with van der Waals surface area (Å²) in [6, 6.07) is 5.30. The summed E-state index contributed by atoms with van der Waals surface area (Å²) in [7, 11) is 0. The fraction of sp³-hybridized carbons (Fsp3) is 0.625. The van der Waals surface area contributed by atoms with Crippen LogP contribution in [-0.2, 0) is 6.42 Å². The van der Waals surface area contributed by atoms with Crippen molar-refractivity contribution in [3.63, 3.8) is 0 Å². The van der Waals surface area contributed by atoms with Crippen LogP contribution in [0.1, 0.15) is 87.6 Å². The average molecular weight is 373 g/mol. The molecule has 0 unspecified atom stereocenters. The molecule has 1 aliphatic rings. The molecule has 0 heterocycles. The van der Waals surface area contributed by atoms with Crippen LogP contribution in [0.2, 0.25) is 0 Å². The van der Waals surface area contributed by atoms with Gasteiger partial charge in [-0.2, -0.15) is 0 Å². The molecule has 0 spiro atoms. The van der Waals surface area contributed by atoms with Crippen molar-refractivity contribution < 1.29 is 14.6 Å². The highest BCUT2D eigenvalue weighted by atomic mass is 16.5. The molecule has 1 N–H and O–H groups in total. The van der Waals surface area contributed by atoms with Gasteiger partial charge in [-0.15, -0.1) is 0 Å². The van der Waals surface area contributed by atoms with Gasteiger partial charge >= 0.3 is 5.97 Å². The van der Waals surface area contributed by atoms with Crippen molar-refractivity contribution in [1.82, 2.24) is 0 Å². The van der Waals surface area contributed by atoms with E-state index < -0.39 is 5.97 Å². The lowest BCUT2D eigenvalue weighted by Gasteiger charge is -2.26. The number of carboxylic acids is 1. The maximum Gasteiger partial charge on any atom is 0.335 e. The lowest BCUT2D eigenvalue weighted by atomic mass is 9.79. The first-order chi connectivity index (χ1) is 13.1. The molecule has 3 heteroatoms. The summed E-state index contributed by atoms with van der Waals surface area (Å²) in [5.74, 6) is 1.53. The third-order valence-electron chi connectivity index (χ3n) is 5.69. The average Bonchev–Trinajstić information content (AvgIpc) is 2.67. The molecular formula is C24H36O3. The van der Waals surface area contributed by atoms with Crippen LogP contribution >= 0.6 is 0 Å². The standard InChI is InChI=1S/C24H36O3/c1-3-5-6-9-19-11-13-20(14-12-19)10-7-17-27-22-15-16-23(24(25)26)21(18-22)8-4-2/h7,10,15-16,18-20H,3-6,8-9,11-14,17H2,1-2H3,(H,25,26)/b10-7+. The predicted molar refractivity (Wildman–Crippen MR) is 112 cm³/mol. The van der Waals surface area contributed by atoms with Gasteiger partial charge in [0.05, 0.1) is 5.56 Å². The first-order valence-electron chi connectivity index (χ1n) is 10.8. The van der Waals surface area contributed by atoms with E-state index in [1.165, 1.54) is 51.4 Å². The summed E-state index contributed by atoms with van der Waals surface area (Å²) in [5.41, 5.74) is 1.24. The molecule has 0 aromatic heterocycles. The Morgan fingerprint density at radius 3 is 2.59 bits per heavy atom. The molecule has 27 heavy (non-hydrogen) atoms. The fourth-order valence-corrected chi connectivity index (χ4v) is 4.09. The van der Waals surface area contributed by atoms with Crippen molar-refractivity contribution in [3.8, 4) is 5.75 Å². The van der Waals surface area contributed by atoms with Crippen molar-refractivity contribution in [2.45, 2.75) is 78.1 Å². The first kappa shape index (κ1) is 21.5. The third kappa shape index (κ3) is 7.40. The number of ether oxygens (including phenoxy) is 1. The maximum absolute atomic E-state index is 11.3. The van der Waals surface area contributed by atoms with E-state index in [4.69, 9.17) is 4.74 Å². The van der Waals surface area contributed by atoms with Crippen molar-refractivity contribution in [1.29, 1.82) is 0 Å². The van der Waals surface area contributed by atoms with Gasteiger partial charge in [-0.05, 0) is 67.7 Å². The van der Waals surface area contributed by atoms with Gasteiger partial charge in [0.2, 0.25) is 0 Å². The molecule has 0 radical (unpaired) electrons. The van der Waals surface area contributed by atoms with Crippen molar-refractivity contribution in [3.05, 3.63) is 41.5 Å². The van der Waals surface area contributed by atoms with Gasteiger partial charge in [0, 0.05) is 0 Å². The number of aryl methyl sites for hydroxylation is 1. The topological polar surface area (TPSA) is 46.5 Å². The lowest BCUT2D eigenvalue weighted by Crippen LogP contribution is -2.13. The van der Waals surface area contributed by atoms with Crippen LogP contribution in [0.4, 0.5) is 0 Å². The largest absolute Gasteiger partial charge is 0.490 e. The fourth-order valence-electron chi connectivity index (χ4n) is 4.09. The zero-order chi connectivity index (χ0) is 19.5. The summed E-state index contributed by atoms with van der Waals surface area (Å²) in [5, 5.41) is 9.27. The highest BCUT2D eigenvalue weighted by molar-refractivity contribution is 5.89. The summed E-state index contributed by atoms with van der Waals surface area (Å²) in [6.45, 7) is 4.88. The van der Waals surface area contributed by atoms with Crippen LogP contribution in [-0.4, -0.2) is 17.7 Å². The Hall–Kier alpha value is -1.77. The molecule has 1 aromatic carbocycles. The van der Waals surface area contributed by atoms with Crippen molar-refractivity contribution >= 4 is 5.97 Å². The second-order valence-corrected chi connectivity index (χ2v) is 7.89. The first-order valence-corrected chi connectivity index (χ1v) is 10.8. The van der Waals surface area contributed by atoms with E-state index in [-0.39, 0.29) is 0 Å². The van der Waals surface area contributed by atoms with Crippen LogP contribution in [0.5, 0.6) is 5.75 Å². The number of allylic oxidation sites excluding steroid dienone is 1. The van der Waals surface area contributed by atoms with Gasteiger partial charge < -0.3 is 9.84 Å². The number of hydrogen-bond donors (Lipinski definition) is 1. The van der Waals surface area contributed by atoms with Gasteiger partial charge in [0.1, 0.15) is 12.4 Å².